The van der Waals surface area contributed by atoms with Gasteiger partial charge in [0.1, 0.15) is 17.1 Å². The summed E-state index contributed by atoms with van der Waals surface area (Å²) in [5.41, 5.74) is 11.5. The maximum Gasteiger partial charge on any atom is 0.281 e. The molecule has 4 aliphatic rings. The van der Waals surface area contributed by atoms with E-state index in [0.717, 1.165) is 73.8 Å². The van der Waals surface area contributed by atoms with Gasteiger partial charge in [-0.1, -0.05) is 35.7 Å². The fraction of sp³-hybridized carbons (Fsp3) is 0.370. The summed E-state index contributed by atoms with van der Waals surface area (Å²) in [5, 5.41) is 13.7. The van der Waals surface area contributed by atoms with Gasteiger partial charge in [0, 0.05) is 92.3 Å². The van der Waals surface area contributed by atoms with E-state index in [9.17, 15) is 23.3 Å². The number of fused-ring (bicyclic) bond motifs is 1. The molecule has 9 rings (SSSR count). The van der Waals surface area contributed by atoms with Crippen molar-refractivity contribution in [3.05, 3.63) is 117 Å². The average Bonchev–Trinajstić information content (AvgIpc) is 3.74. The first-order valence-corrected chi connectivity index (χ1v) is 23.2. The van der Waals surface area contributed by atoms with Crippen LogP contribution in [0.5, 0.6) is 11.5 Å². The number of sulfonamides is 1. The van der Waals surface area contributed by atoms with Crippen molar-refractivity contribution in [1.82, 2.24) is 19.6 Å². The number of ether oxygens (including phenoxy) is 2. The first kappa shape index (κ1) is 42.5. The molecule has 1 amide bonds. The maximum absolute atomic E-state index is 14.0. The molecule has 4 heterocycles. The predicted octanol–water partition coefficient (Wildman–Crippen LogP) is 8.15. The zero-order valence-electron chi connectivity index (χ0n) is 34.7. The van der Waals surface area contributed by atoms with Crippen LogP contribution in [-0.4, -0.2) is 92.3 Å². The third kappa shape index (κ3) is 9.30. The molecule has 63 heavy (non-hydrogen) atoms. The van der Waals surface area contributed by atoms with Crippen LogP contribution in [0.4, 0.5) is 17.1 Å². The summed E-state index contributed by atoms with van der Waals surface area (Å²) >= 11 is 6.28. The molecule has 5 aromatic rings. The Kier molecular flexibility index (Phi) is 12.0. The van der Waals surface area contributed by atoms with E-state index in [1.807, 2.05) is 18.2 Å². The average molecular weight is 893 g/mol. The minimum Gasteiger partial charge on any atom is -0.455 e. The van der Waals surface area contributed by atoms with Crippen LogP contribution in [0, 0.1) is 15.5 Å². The number of hydrogen-bond donors (Lipinski definition) is 3. The lowest BCUT2D eigenvalue weighted by Crippen LogP contribution is -2.47. The first-order valence-electron chi connectivity index (χ1n) is 21.4. The summed E-state index contributed by atoms with van der Waals surface area (Å²) in [7, 11) is -4.67. The van der Waals surface area contributed by atoms with Gasteiger partial charge in [0.25, 0.3) is 21.6 Å². The second-order valence-corrected chi connectivity index (χ2v) is 19.1. The number of amides is 1. The molecule has 2 aromatic heterocycles. The predicted molar refractivity (Wildman–Crippen MR) is 243 cm³/mol. The molecule has 0 unspecified atom stereocenters. The number of nitrogens with two attached hydrogens (primary N) is 1. The van der Waals surface area contributed by atoms with Crippen LogP contribution in [0.1, 0.15) is 72.9 Å². The van der Waals surface area contributed by atoms with Crippen LogP contribution in [-0.2, 0) is 14.8 Å². The number of nitro groups is 1. The molecule has 15 nitrogen and oxygen atoms in total. The van der Waals surface area contributed by atoms with Crippen molar-refractivity contribution in [2.45, 2.75) is 62.3 Å². The van der Waals surface area contributed by atoms with Crippen LogP contribution >= 0.6 is 11.6 Å². The van der Waals surface area contributed by atoms with Crippen LogP contribution in [0.3, 0.4) is 0 Å². The fourth-order valence-electron chi connectivity index (χ4n) is 9.24. The summed E-state index contributed by atoms with van der Waals surface area (Å²) in [5.74, 6) is -0.554. The minimum absolute atomic E-state index is 0.0208. The molecule has 17 heteroatoms. The first-order chi connectivity index (χ1) is 30.4. The molecule has 2 aliphatic carbocycles. The van der Waals surface area contributed by atoms with E-state index in [2.05, 4.69) is 41.6 Å². The molecule has 0 atom stereocenters. The van der Waals surface area contributed by atoms with Crippen molar-refractivity contribution in [2.75, 3.05) is 56.6 Å². The molecule has 3 fully saturated rings. The Labute approximate surface area is 370 Å². The number of aromatic amines is 1. The Bertz CT molecular complexity index is 2720. The van der Waals surface area contributed by atoms with E-state index in [0.29, 0.717) is 42.9 Å². The fourth-order valence-corrected chi connectivity index (χ4v) is 10.4. The number of carbonyl (C=O) groups excluding carboxylic acids is 1. The minimum atomic E-state index is -4.67. The van der Waals surface area contributed by atoms with Crippen LogP contribution in [0.15, 0.2) is 94.6 Å². The van der Waals surface area contributed by atoms with Gasteiger partial charge in [-0.25, -0.2) is 18.1 Å². The Hall–Kier alpha value is -5.81. The van der Waals surface area contributed by atoms with Gasteiger partial charge in [-0.3, -0.25) is 24.8 Å². The van der Waals surface area contributed by atoms with Crippen molar-refractivity contribution in [1.29, 1.82) is 0 Å². The number of H-pyrrole nitrogens is 1. The molecule has 3 aromatic carbocycles. The SMILES string of the molecule is Nc1cc(S(=O)(=O)NC(=O)c2ccc(N3CCN(CC4=C(c5ccc(Cl)cc5)CC5(CCC5)CC4)CC3)cc2Oc2cnc3[nH]ccc3c2)cc([N+](=O)[O-])c1C=NC1CCOCC1. The van der Waals surface area contributed by atoms with E-state index in [4.69, 9.17) is 26.8 Å². The van der Waals surface area contributed by atoms with Crippen molar-refractivity contribution in [2.24, 2.45) is 10.4 Å². The van der Waals surface area contributed by atoms with Crippen molar-refractivity contribution < 1.29 is 27.6 Å². The molecular weight excluding hydrogens is 844 g/mol. The van der Waals surface area contributed by atoms with Gasteiger partial charge < -0.3 is 25.1 Å². The Balaban J connectivity index is 0.945. The second kappa shape index (κ2) is 17.8. The topological polar surface area (TPSA) is 198 Å². The number of aromatic nitrogens is 2. The van der Waals surface area contributed by atoms with E-state index in [1.54, 1.807) is 24.4 Å². The number of halogens is 1. The molecule has 328 valence electrons. The number of piperazine rings is 1. The van der Waals surface area contributed by atoms with Crippen molar-refractivity contribution in [3.8, 4) is 11.5 Å². The lowest BCUT2D eigenvalue weighted by molar-refractivity contribution is -0.385. The van der Waals surface area contributed by atoms with E-state index >= 15 is 0 Å². The van der Waals surface area contributed by atoms with Gasteiger partial charge in [0.2, 0.25) is 0 Å². The number of allylic oxidation sites excluding steroid dienone is 1. The number of carbonyl (C=O) groups is 1. The van der Waals surface area contributed by atoms with E-state index in [1.165, 1.54) is 60.9 Å². The van der Waals surface area contributed by atoms with Crippen LogP contribution in [0.2, 0.25) is 5.02 Å². The smallest absolute Gasteiger partial charge is 0.281 e. The van der Waals surface area contributed by atoms with Crippen molar-refractivity contribution >= 4 is 67.4 Å². The highest BCUT2D eigenvalue weighted by Gasteiger charge is 2.41. The molecule has 2 saturated heterocycles. The highest BCUT2D eigenvalue weighted by Crippen LogP contribution is 2.55. The van der Waals surface area contributed by atoms with Gasteiger partial charge in [0.15, 0.2) is 0 Å². The third-order valence-corrected chi connectivity index (χ3v) is 14.6. The summed E-state index contributed by atoms with van der Waals surface area (Å²) in [6.45, 7) is 5.04. The lowest BCUT2D eigenvalue weighted by atomic mass is 9.59. The zero-order chi connectivity index (χ0) is 43.7. The highest BCUT2D eigenvalue weighted by molar-refractivity contribution is 7.90. The molecule has 0 radical (unpaired) electrons. The third-order valence-electron chi connectivity index (χ3n) is 13.0. The van der Waals surface area contributed by atoms with E-state index < -0.39 is 31.4 Å². The summed E-state index contributed by atoms with van der Waals surface area (Å²) < 4.78 is 41.3. The number of pyridine rings is 1. The normalized spacial score (nSPS) is 18.5. The number of nitro benzene ring substituents is 1. The summed E-state index contributed by atoms with van der Waals surface area (Å²) in [6.07, 6.45) is 13.2. The molecule has 1 spiro atoms. The Morgan fingerprint density at radius 1 is 1.06 bits per heavy atom. The summed E-state index contributed by atoms with van der Waals surface area (Å²) in [4.78, 5) is 41.5. The largest absolute Gasteiger partial charge is 0.455 e. The maximum atomic E-state index is 14.0. The second-order valence-electron chi connectivity index (χ2n) is 17.0. The number of benzene rings is 3. The van der Waals surface area contributed by atoms with Crippen LogP contribution in [0.25, 0.3) is 16.6 Å². The Morgan fingerprint density at radius 3 is 2.57 bits per heavy atom. The number of nitrogen functional groups attached to an aromatic ring is 1. The molecule has 2 aliphatic heterocycles. The van der Waals surface area contributed by atoms with Gasteiger partial charge in [-0.05, 0) is 104 Å². The molecule has 1 saturated carbocycles. The number of aliphatic imine (C=N–C) groups is 1. The van der Waals surface area contributed by atoms with Gasteiger partial charge in [-0.2, -0.15) is 0 Å². The van der Waals surface area contributed by atoms with Gasteiger partial charge in [-0.15, -0.1) is 0 Å². The van der Waals surface area contributed by atoms with Gasteiger partial charge in [0.05, 0.1) is 33.2 Å². The standard InChI is InChI=1S/C46H49ClN8O7S/c47-33-4-2-30(3-5-33)39-26-46(12-1-13-46)14-8-32(39)29-53-16-18-54(19-17-53)35-6-7-38(43(23-35)62-36-22-31-9-15-49-44(31)51-27-36)45(56)52-63(59,60)37-24-41(48)40(42(25-37)55(57)58)28-50-34-10-20-61-21-11-34/h2-7,9,15,22-25,27-28,34H,1,8,10-14,16-21,26,29,48H2,(H,49,51)(H,52,56). The quantitative estimate of drug-likeness (QED) is 0.0473. The number of rotatable bonds is 12. The Morgan fingerprint density at radius 2 is 1.84 bits per heavy atom. The highest BCUT2D eigenvalue weighted by atomic mass is 35.5. The number of nitrogens with one attached hydrogen (secondary N) is 2. The molecule has 4 N–H and O–H groups in total. The monoisotopic (exact) mass is 892 g/mol. The number of nitrogens with zero attached hydrogens (tertiary/aromatic N) is 5. The molecule has 0 bridgehead atoms. The van der Waals surface area contributed by atoms with Crippen LogP contribution < -0.4 is 20.1 Å². The number of hydrogen-bond acceptors (Lipinski definition) is 12. The molecular formula is C46H49ClN8O7S. The van der Waals surface area contributed by atoms with Gasteiger partial charge >= 0.3 is 0 Å². The number of anilines is 2. The van der Waals surface area contributed by atoms with Crippen molar-refractivity contribution in [3.63, 3.8) is 0 Å². The summed E-state index contributed by atoms with van der Waals surface area (Å²) in [6, 6.07) is 18.8. The van der Waals surface area contributed by atoms with E-state index in [-0.39, 0.29) is 28.6 Å². The lowest BCUT2D eigenvalue weighted by Gasteiger charge is -2.47. The zero-order valence-corrected chi connectivity index (χ0v) is 36.3.